The summed E-state index contributed by atoms with van der Waals surface area (Å²) in [6, 6.07) is 0.348. The first kappa shape index (κ1) is 12.6. The minimum Gasteiger partial charge on any atom is -0.336 e. The number of likely N-dealkylation sites (tertiary alicyclic amines) is 1. The molecule has 2 N–H and O–H groups in total. The minimum atomic E-state index is 0.196. The van der Waals surface area contributed by atoms with Crippen molar-refractivity contribution in [3.63, 3.8) is 0 Å². The molecule has 1 saturated heterocycles. The molecule has 1 aromatic rings. The molecule has 2 heterocycles. The number of nitrogens with two attached hydrogens (primary N) is 1. The Kier molecular flexibility index (Phi) is 4.18. The van der Waals surface area contributed by atoms with E-state index in [1.54, 1.807) is 11.3 Å². The summed E-state index contributed by atoms with van der Waals surface area (Å²) >= 11 is 1.60. The minimum absolute atomic E-state index is 0.196. The van der Waals surface area contributed by atoms with Crippen molar-refractivity contribution in [2.24, 2.45) is 5.73 Å². The third kappa shape index (κ3) is 2.69. The van der Waals surface area contributed by atoms with Crippen LogP contribution in [0.15, 0.2) is 10.8 Å². The molecule has 0 bridgehead atoms. The lowest BCUT2D eigenvalue weighted by atomic mass is 9.98. The summed E-state index contributed by atoms with van der Waals surface area (Å²) in [7, 11) is 0. The molecule has 0 aliphatic carbocycles. The molecule has 1 aliphatic rings. The van der Waals surface area contributed by atoms with Crippen molar-refractivity contribution >= 4 is 17.2 Å². The molecule has 1 fully saturated rings. The van der Waals surface area contributed by atoms with Crippen molar-refractivity contribution in [3.05, 3.63) is 21.9 Å². The van der Waals surface area contributed by atoms with Crippen LogP contribution in [0.1, 0.15) is 41.6 Å². The van der Waals surface area contributed by atoms with Crippen molar-refractivity contribution in [1.82, 2.24) is 4.90 Å². The van der Waals surface area contributed by atoms with E-state index >= 15 is 0 Å². The Hall–Kier alpha value is -0.870. The fraction of sp³-hybridized carbons (Fsp3) is 0.615. The third-order valence-electron chi connectivity index (χ3n) is 3.47. The maximum absolute atomic E-state index is 12.5. The molecule has 0 spiro atoms. The molecular weight excluding hydrogens is 232 g/mol. The van der Waals surface area contributed by atoms with Crippen molar-refractivity contribution in [1.29, 1.82) is 0 Å². The molecule has 2 rings (SSSR count). The molecule has 4 heteroatoms. The van der Waals surface area contributed by atoms with Crippen LogP contribution >= 0.6 is 11.3 Å². The molecular formula is C13H20N2OS. The summed E-state index contributed by atoms with van der Waals surface area (Å²) in [6.07, 6.45) is 4.37. The van der Waals surface area contributed by atoms with Gasteiger partial charge in [0.25, 0.3) is 5.91 Å². The second kappa shape index (κ2) is 5.65. The summed E-state index contributed by atoms with van der Waals surface area (Å²) in [5.74, 6) is 0.196. The van der Waals surface area contributed by atoms with Gasteiger partial charge in [-0.1, -0.05) is 0 Å². The lowest BCUT2D eigenvalue weighted by molar-refractivity contribution is 0.0605. The fourth-order valence-electron chi connectivity index (χ4n) is 2.49. The lowest BCUT2D eigenvalue weighted by Crippen LogP contribution is -2.44. The van der Waals surface area contributed by atoms with Gasteiger partial charge in [-0.2, -0.15) is 11.3 Å². The van der Waals surface area contributed by atoms with Crippen LogP contribution in [0.4, 0.5) is 0 Å². The van der Waals surface area contributed by atoms with Crippen LogP contribution in [0.25, 0.3) is 0 Å². The summed E-state index contributed by atoms with van der Waals surface area (Å²) in [5, 5.41) is 4.00. The van der Waals surface area contributed by atoms with Crippen LogP contribution in [-0.4, -0.2) is 29.9 Å². The predicted octanol–water partition coefficient (Wildman–Crippen LogP) is 2.40. The Morgan fingerprint density at radius 1 is 1.53 bits per heavy atom. The van der Waals surface area contributed by atoms with E-state index in [0.29, 0.717) is 12.6 Å². The van der Waals surface area contributed by atoms with E-state index in [2.05, 4.69) is 0 Å². The first-order chi connectivity index (χ1) is 8.24. The van der Waals surface area contributed by atoms with E-state index in [1.807, 2.05) is 22.6 Å². The number of thiophene rings is 1. The van der Waals surface area contributed by atoms with Crippen molar-refractivity contribution in [2.75, 3.05) is 13.1 Å². The van der Waals surface area contributed by atoms with Gasteiger partial charge in [-0.3, -0.25) is 4.79 Å². The Bertz CT molecular complexity index is 387. The Morgan fingerprint density at radius 2 is 2.35 bits per heavy atom. The number of aryl methyl sites for hydroxylation is 1. The molecule has 0 aromatic carbocycles. The second-order valence-electron chi connectivity index (χ2n) is 4.69. The van der Waals surface area contributed by atoms with Gasteiger partial charge in [-0.25, -0.2) is 0 Å². The molecule has 1 aliphatic heterocycles. The standard InChI is InChI=1S/C13H20N2OS/c1-10-8-17-9-12(10)13(16)15-7-3-2-4-11(15)5-6-14/h8-9,11H,2-7,14H2,1H3/t11-/m1/s1. The molecule has 17 heavy (non-hydrogen) atoms. The topological polar surface area (TPSA) is 46.3 Å². The van der Waals surface area contributed by atoms with E-state index in [0.717, 1.165) is 36.9 Å². The van der Waals surface area contributed by atoms with Gasteiger partial charge in [-0.15, -0.1) is 0 Å². The smallest absolute Gasteiger partial charge is 0.255 e. The average Bonchev–Trinajstić information content (AvgIpc) is 2.76. The van der Waals surface area contributed by atoms with E-state index in [1.165, 1.54) is 6.42 Å². The highest BCUT2D eigenvalue weighted by atomic mass is 32.1. The van der Waals surface area contributed by atoms with Gasteiger partial charge >= 0.3 is 0 Å². The van der Waals surface area contributed by atoms with Crippen molar-refractivity contribution in [2.45, 2.75) is 38.6 Å². The van der Waals surface area contributed by atoms with Gasteiger partial charge in [0.15, 0.2) is 0 Å². The summed E-state index contributed by atoms with van der Waals surface area (Å²) in [5.41, 5.74) is 7.60. The number of carbonyl (C=O) groups is 1. The molecule has 0 saturated carbocycles. The number of piperidine rings is 1. The average molecular weight is 252 g/mol. The largest absolute Gasteiger partial charge is 0.336 e. The SMILES string of the molecule is Cc1cscc1C(=O)N1CCCC[C@@H]1CCN. The highest BCUT2D eigenvalue weighted by Crippen LogP contribution is 2.24. The Balaban J connectivity index is 2.14. The quantitative estimate of drug-likeness (QED) is 0.898. The first-order valence-electron chi connectivity index (χ1n) is 6.28. The Labute approximate surface area is 107 Å². The zero-order valence-corrected chi connectivity index (χ0v) is 11.1. The Morgan fingerprint density at radius 3 is 3.00 bits per heavy atom. The van der Waals surface area contributed by atoms with Gasteiger partial charge < -0.3 is 10.6 Å². The third-order valence-corrected chi connectivity index (χ3v) is 4.34. The monoisotopic (exact) mass is 252 g/mol. The number of amides is 1. The number of nitrogens with zero attached hydrogens (tertiary/aromatic N) is 1. The van der Waals surface area contributed by atoms with E-state index in [4.69, 9.17) is 5.73 Å². The molecule has 0 unspecified atom stereocenters. The molecule has 1 amide bonds. The van der Waals surface area contributed by atoms with Crippen LogP contribution in [0.2, 0.25) is 0 Å². The van der Waals surface area contributed by atoms with Gasteiger partial charge in [0.1, 0.15) is 0 Å². The fourth-order valence-corrected chi connectivity index (χ4v) is 3.32. The lowest BCUT2D eigenvalue weighted by Gasteiger charge is -2.35. The van der Waals surface area contributed by atoms with Crippen LogP contribution in [-0.2, 0) is 0 Å². The maximum Gasteiger partial charge on any atom is 0.255 e. The molecule has 3 nitrogen and oxygen atoms in total. The second-order valence-corrected chi connectivity index (χ2v) is 5.44. The zero-order chi connectivity index (χ0) is 12.3. The first-order valence-corrected chi connectivity index (χ1v) is 7.22. The molecule has 0 radical (unpaired) electrons. The predicted molar refractivity (Wildman–Crippen MR) is 71.4 cm³/mol. The van der Waals surface area contributed by atoms with E-state index in [-0.39, 0.29) is 5.91 Å². The van der Waals surface area contributed by atoms with Gasteiger partial charge in [0, 0.05) is 18.0 Å². The van der Waals surface area contributed by atoms with E-state index in [9.17, 15) is 4.79 Å². The summed E-state index contributed by atoms with van der Waals surface area (Å²) in [6.45, 7) is 3.56. The molecule has 1 aromatic heterocycles. The zero-order valence-electron chi connectivity index (χ0n) is 10.3. The van der Waals surface area contributed by atoms with Gasteiger partial charge in [0.05, 0.1) is 5.56 Å². The highest BCUT2D eigenvalue weighted by Gasteiger charge is 2.27. The number of hydrogen-bond donors (Lipinski definition) is 1. The summed E-state index contributed by atoms with van der Waals surface area (Å²) in [4.78, 5) is 14.5. The maximum atomic E-state index is 12.5. The van der Waals surface area contributed by atoms with Crippen LogP contribution in [0, 0.1) is 6.92 Å². The number of carbonyl (C=O) groups excluding carboxylic acids is 1. The molecule has 1 atom stereocenters. The number of rotatable bonds is 3. The van der Waals surface area contributed by atoms with Crippen LogP contribution < -0.4 is 5.73 Å². The summed E-state index contributed by atoms with van der Waals surface area (Å²) < 4.78 is 0. The highest BCUT2D eigenvalue weighted by molar-refractivity contribution is 7.08. The number of hydrogen-bond acceptors (Lipinski definition) is 3. The normalized spacial score (nSPS) is 20.6. The van der Waals surface area contributed by atoms with Crippen LogP contribution in [0.3, 0.4) is 0 Å². The van der Waals surface area contributed by atoms with Crippen LogP contribution in [0.5, 0.6) is 0 Å². The van der Waals surface area contributed by atoms with Crippen molar-refractivity contribution < 1.29 is 4.79 Å². The van der Waals surface area contributed by atoms with Crippen molar-refractivity contribution in [3.8, 4) is 0 Å². The molecule has 94 valence electrons. The van der Waals surface area contributed by atoms with Gasteiger partial charge in [0.2, 0.25) is 0 Å². The van der Waals surface area contributed by atoms with E-state index < -0.39 is 0 Å². The van der Waals surface area contributed by atoms with Gasteiger partial charge in [-0.05, 0) is 50.1 Å².